The summed E-state index contributed by atoms with van der Waals surface area (Å²) in [6.45, 7) is 4.18. The molecular formula is C13H13BrN4S. The van der Waals surface area contributed by atoms with Gasteiger partial charge < -0.3 is 5.73 Å². The monoisotopic (exact) mass is 336 g/mol. The average Bonchev–Trinajstić information content (AvgIpc) is 2.92. The van der Waals surface area contributed by atoms with Gasteiger partial charge in [0.1, 0.15) is 5.82 Å². The van der Waals surface area contributed by atoms with Gasteiger partial charge in [-0.15, -0.1) is 0 Å². The lowest BCUT2D eigenvalue weighted by atomic mass is 10.1. The number of hydrogen-bond acceptors (Lipinski definition) is 4. The predicted octanol–water partition coefficient (Wildman–Crippen LogP) is 3.95. The molecule has 0 amide bonds. The Balaban J connectivity index is 2.18. The lowest BCUT2D eigenvalue weighted by Gasteiger charge is -1.98. The molecule has 0 unspecified atom stereocenters. The lowest BCUT2D eigenvalue weighted by Crippen LogP contribution is -2.01. The average molecular weight is 337 g/mol. The second kappa shape index (κ2) is 4.61. The maximum Gasteiger partial charge on any atom is 0.213 e. The van der Waals surface area contributed by atoms with Crippen molar-refractivity contribution >= 4 is 43.3 Å². The summed E-state index contributed by atoms with van der Waals surface area (Å²) in [5.74, 6) is 0.912. The van der Waals surface area contributed by atoms with Gasteiger partial charge in [0, 0.05) is 0 Å². The minimum Gasteiger partial charge on any atom is -0.383 e. The fourth-order valence-electron chi connectivity index (χ4n) is 1.90. The van der Waals surface area contributed by atoms with Crippen molar-refractivity contribution in [3.8, 4) is 5.13 Å². The Labute approximate surface area is 123 Å². The number of hydrogen-bond donors (Lipinski definition) is 1. The third kappa shape index (κ3) is 2.04. The Bertz CT molecular complexity index is 711. The fraction of sp³-hybridized carbons (Fsp3) is 0.231. The van der Waals surface area contributed by atoms with Gasteiger partial charge in [0.05, 0.1) is 20.4 Å². The summed E-state index contributed by atoms with van der Waals surface area (Å²) in [4.78, 5) is 4.58. The summed E-state index contributed by atoms with van der Waals surface area (Å²) in [5, 5.41) is 5.36. The van der Waals surface area contributed by atoms with E-state index in [4.69, 9.17) is 5.73 Å². The molecule has 19 heavy (non-hydrogen) atoms. The van der Waals surface area contributed by atoms with Crippen LogP contribution in [0.1, 0.15) is 25.5 Å². The first kappa shape index (κ1) is 12.6. The van der Waals surface area contributed by atoms with E-state index in [9.17, 15) is 0 Å². The van der Waals surface area contributed by atoms with Gasteiger partial charge >= 0.3 is 0 Å². The van der Waals surface area contributed by atoms with Crippen molar-refractivity contribution in [3.05, 3.63) is 34.4 Å². The summed E-state index contributed by atoms with van der Waals surface area (Å²) in [7, 11) is 0. The number of para-hydroxylation sites is 1. The molecule has 2 heterocycles. The lowest BCUT2D eigenvalue weighted by molar-refractivity contribution is 0.767. The number of nitrogens with two attached hydrogens (primary N) is 1. The first-order valence-corrected chi connectivity index (χ1v) is 7.58. The minimum absolute atomic E-state index is 0.312. The van der Waals surface area contributed by atoms with Crippen LogP contribution in [0.5, 0.6) is 0 Å². The van der Waals surface area contributed by atoms with Crippen LogP contribution in [0.15, 0.2) is 28.7 Å². The zero-order valence-corrected chi connectivity index (χ0v) is 13.0. The number of fused-ring (bicyclic) bond motifs is 1. The molecule has 3 aromatic rings. The van der Waals surface area contributed by atoms with E-state index in [2.05, 4.69) is 45.9 Å². The van der Waals surface area contributed by atoms with Gasteiger partial charge in [0.15, 0.2) is 0 Å². The highest BCUT2D eigenvalue weighted by atomic mass is 79.9. The highest BCUT2D eigenvalue weighted by Crippen LogP contribution is 2.33. The van der Waals surface area contributed by atoms with Crippen molar-refractivity contribution in [1.29, 1.82) is 0 Å². The maximum absolute atomic E-state index is 6.12. The molecule has 2 N–H and O–H groups in total. The van der Waals surface area contributed by atoms with Gasteiger partial charge in [0.2, 0.25) is 5.13 Å². The van der Waals surface area contributed by atoms with Gasteiger partial charge in [-0.3, -0.25) is 0 Å². The Kier molecular flexibility index (Phi) is 3.06. The number of thiazole rings is 1. The molecule has 1 aromatic carbocycles. The van der Waals surface area contributed by atoms with Gasteiger partial charge in [-0.05, 0) is 34.0 Å². The highest BCUT2D eigenvalue weighted by molar-refractivity contribution is 9.10. The molecule has 0 fully saturated rings. The van der Waals surface area contributed by atoms with Crippen LogP contribution in [0, 0.1) is 0 Å². The van der Waals surface area contributed by atoms with Crippen LogP contribution < -0.4 is 5.73 Å². The zero-order chi connectivity index (χ0) is 13.6. The number of rotatable bonds is 2. The topological polar surface area (TPSA) is 56.7 Å². The molecule has 0 aliphatic carbocycles. The van der Waals surface area contributed by atoms with Crippen LogP contribution in [0.2, 0.25) is 0 Å². The van der Waals surface area contributed by atoms with Crippen LogP contribution in [0.25, 0.3) is 15.3 Å². The van der Waals surface area contributed by atoms with Crippen molar-refractivity contribution < 1.29 is 0 Å². The first-order valence-electron chi connectivity index (χ1n) is 5.97. The standard InChI is InChI=1S/C13H13BrN4S/c1-7(2)11-10(14)12(15)18(17-11)13-16-8-5-3-4-6-9(8)19-13/h3-7H,15H2,1-2H3. The summed E-state index contributed by atoms with van der Waals surface area (Å²) in [5.41, 5.74) is 8.04. The van der Waals surface area contributed by atoms with Crippen LogP contribution in [0.4, 0.5) is 5.82 Å². The van der Waals surface area contributed by atoms with Gasteiger partial charge in [0.25, 0.3) is 0 Å². The van der Waals surface area contributed by atoms with Crippen molar-refractivity contribution in [3.63, 3.8) is 0 Å². The molecule has 0 spiro atoms. The van der Waals surface area contributed by atoms with E-state index in [1.165, 1.54) is 0 Å². The number of anilines is 1. The number of nitrogen functional groups attached to an aromatic ring is 1. The van der Waals surface area contributed by atoms with Gasteiger partial charge in [-0.2, -0.15) is 9.78 Å². The molecule has 0 atom stereocenters. The molecule has 0 saturated heterocycles. The van der Waals surface area contributed by atoms with Crippen molar-refractivity contribution in [2.75, 3.05) is 5.73 Å². The quantitative estimate of drug-likeness (QED) is 0.770. The van der Waals surface area contributed by atoms with Gasteiger partial charge in [-0.25, -0.2) is 4.98 Å². The summed E-state index contributed by atoms with van der Waals surface area (Å²) >= 11 is 5.10. The second-order valence-corrected chi connectivity index (χ2v) is 6.42. The summed E-state index contributed by atoms with van der Waals surface area (Å²) in [6.07, 6.45) is 0. The van der Waals surface area contributed by atoms with Crippen LogP contribution >= 0.6 is 27.3 Å². The van der Waals surface area contributed by atoms with Gasteiger partial charge in [-0.1, -0.05) is 37.3 Å². The van der Waals surface area contributed by atoms with E-state index in [1.54, 1.807) is 16.0 Å². The Morgan fingerprint density at radius 3 is 2.68 bits per heavy atom. The molecule has 0 radical (unpaired) electrons. The molecule has 0 saturated carbocycles. The summed E-state index contributed by atoms with van der Waals surface area (Å²) in [6, 6.07) is 8.03. The van der Waals surface area contributed by atoms with E-state index >= 15 is 0 Å². The molecule has 3 rings (SSSR count). The largest absolute Gasteiger partial charge is 0.383 e. The minimum atomic E-state index is 0.312. The number of benzene rings is 1. The van der Waals surface area contributed by atoms with Crippen LogP contribution in [-0.4, -0.2) is 14.8 Å². The van der Waals surface area contributed by atoms with Crippen molar-refractivity contribution in [2.24, 2.45) is 0 Å². The molecular weight excluding hydrogens is 324 g/mol. The molecule has 6 heteroatoms. The zero-order valence-electron chi connectivity index (χ0n) is 10.6. The number of nitrogens with zero attached hydrogens (tertiary/aromatic N) is 3. The Morgan fingerprint density at radius 1 is 1.32 bits per heavy atom. The van der Waals surface area contributed by atoms with Crippen molar-refractivity contribution in [1.82, 2.24) is 14.8 Å². The SMILES string of the molecule is CC(C)c1nn(-c2nc3ccccc3s2)c(N)c1Br. The van der Waals surface area contributed by atoms with E-state index < -0.39 is 0 Å². The van der Waals surface area contributed by atoms with E-state index in [1.807, 2.05) is 18.2 Å². The van der Waals surface area contributed by atoms with Crippen LogP contribution in [0.3, 0.4) is 0 Å². The second-order valence-electron chi connectivity index (χ2n) is 4.62. The molecule has 2 aromatic heterocycles. The van der Waals surface area contributed by atoms with E-state index in [0.29, 0.717) is 11.7 Å². The predicted molar refractivity (Wildman–Crippen MR) is 82.9 cm³/mol. The normalized spacial score (nSPS) is 11.6. The Hall–Kier alpha value is -1.40. The molecule has 98 valence electrons. The Morgan fingerprint density at radius 2 is 2.05 bits per heavy atom. The molecule has 0 aliphatic heterocycles. The summed E-state index contributed by atoms with van der Waals surface area (Å²) < 4.78 is 3.71. The molecule has 4 nitrogen and oxygen atoms in total. The fourth-order valence-corrected chi connectivity index (χ4v) is 3.53. The number of halogens is 1. The van der Waals surface area contributed by atoms with E-state index in [-0.39, 0.29) is 0 Å². The highest BCUT2D eigenvalue weighted by Gasteiger charge is 2.18. The van der Waals surface area contributed by atoms with E-state index in [0.717, 1.165) is 25.5 Å². The maximum atomic E-state index is 6.12. The smallest absolute Gasteiger partial charge is 0.213 e. The number of aromatic nitrogens is 3. The third-order valence-electron chi connectivity index (χ3n) is 2.90. The molecule has 0 aliphatic rings. The molecule has 0 bridgehead atoms. The third-order valence-corrected chi connectivity index (χ3v) is 4.72. The first-order chi connectivity index (χ1) is 9.08. The van der Waals surface area contributed by atoms with Crippen molar-refractivity contribution in [2.45, 2.75) is 19.8 Å². The van der Waals surface area contributed by atoms with Crippen LogP contribution in [-0.2, 0) is 0 Å².